The molecule has 21 heavy (non-hydrogen) atoms. The Bertz CT molecular complexity index is 736. The number of nitrogens with two attached hydrogens (primary N) is 1. The fraction of sp³-hybridized carbons (Fsp3) is 0.125. The zero-order valence-corrected chi connectivity index (χ0v) is 11.4. The van der Waals surface area contributed by atoms with Gasteiger partial charge in [0.2, 0.25) is 0 Å². The maximum Gasteiger partial charge on any atom is 0.163 e. The summed E-state index contributed by atoms with van der Waals surface area (Å²) in [5.41, 5.74) is 7.10. The zero-order chi connectivity index (χ0) is 15.4. The minimum absolute atomic E-state index is 0.0415. The number of nitrogen functional groups attached to an aromatic ring is 1. The summed E-state index contributed by atoms with van der Waals surface area (Å²) in [7, 11) is 0. The van der Waals surface area contributed by atoms with Crippen LogP contribution in [0.5, 0.6) is 5.75 Å². The molecule has 0 saturated heterocycles. The Hall–Kier alpha value is -2.87. The summed E-state index contributed by atoms with van der Waals surface area (Å²) < 4.78 is 18.8. The fourth-order valence-corrected chi connectivity index (χ4v) is 1.86. The van der Waals surface area contributed by atoms with E-state index in [0.29, 0.717) is 22.6 Å². The standard InChI is InChI=1S/C16H13FN2O2/c1-10(20)14-7-13(19)3-5-16(14)21-9-11-2-4-15(17)12(6-11)8-18/h2-7H,9,19H2,1H3. The monoisotopic (exact) mass is 284 g/mol. The molecule has 2 aromatic carbocycles. The molecular weight excluding hydrogens is 271 g/mol. The van der Waals surface area contributed by atoms with Crippen molar-refractivity contribution in [2.45, 2.75) is 13.5 Å². The van der Waals surface area contributed by atoms with Crippen LogP contribution in [0.2, 0.25) is 0 Å². The van der Waals surface area contributed by atoms with Gasteiger partial charge in [0.25, 0.3) is 0 Å². The summed E-state index contributed by atoms with van der Waals surface area (Å²) in [6.07, 6.45) is 0. The number of Topliss-reactive ketones (excluding diaryl/α,β-unsaturated/α-hetero) is 1. The highest BCUT2D eigenvalue weighted by molar-refractivity contribution is 5.97. The van der Waals surface area contributed by atoms with Gasteiger partial charge in [-0.1, -0.05) is 6.07 Å². The minimum atomic E-state index is -0.571. The lowest BCUT2D eigenvalue weighted by Gasteiger charge is -2.11. The van der Waals surface area contributed by atoms with E-state index in [0.717, 1.165) is 0 Å². The normalized spacial score (nSPS) is 9.95. The number of ketones is 1. The maximum atomic E-state index is 13.2. The lowest BCUT2D eigenvalue weighted by molar-refractivity contribution is 0.101. The number of ether oxygens (including phenoxy) is 1. The van der Waals surface area contributed by atoms with Crippen LogP contribution >= 0.6 is 0 Å². The van der Waals surface area contributed by atoms with Gasteiger partial charge in [-0.2, -0.15) is 5.26 Å². The van der Waals surface area contributed by atoms with Crippen molar-refractivity contribution in [2.24, 2.45) is 0 Å². The third kappa shape index (κ3) is 3.37. The molecule has 0 radical (unpaired) electrons. The molecule has 0 unspecified atom stereocenters. The van der Waals surface area contributed by atoms with Gasteiger partial charge in [-0.25, -0.2) is 4.39 Å². The van der Waals surface area contributed by atoms with E-state index in [2.05, 4.69) is 0 Å². The van der Waals surface area contributed by atoms with Crippen LogP contribution in [0, 0.1) is 17.1 Å². The van der Waals surface area contributed by atoms with Crippen LogP contribution in [0.15, 0.2) is 36.4 Å². The van der Waals surface area contributed by atoms with Gasteiger partial charge in [-0.3, -0.25) is 4.79 Å². The average molecular weight is 284 g/mol. The van der Waals surface area contributed by atoms with Gasteiger partial charge in [0.05, 0.1) is 11.1 Å². The third-order valence-electron chi connectivity index (χ3n) is 2.93. The molecule has 0 spiro atoms. The van der Waals surface area contributed by atoms with Crippen molar-refractivity contribution in [3.63, 3.8) is 0 Å². The molecular formula is C16H13FN2O2. The Morgan fingerprint density at radius 1 is 1.33 bits per heavy atom. The average Bonchev–Trinajstić information content (AvgIpc) is 2.47. The summed E-state index contributed by atoms with van der Waals surface area (Å²) in [5, 5.41) is 8.79. The van der Waals surface area contributed by atoms with Crippen molar-refractivity contribution >= 4 is 11.5 Å². The molecule has 5 heteroatoms. The molecule has 2 rings (SSSR count). The summed E-state index contributed by atoms with van der Waals surface area (Å²) in [4.78, 5) is 11.5. The van der Waals surface area contributed by atoms with Crippen LogP contribution in [0.25, 0.3) is 0 Å². The molecule has 0 heterocycles. The van der Waals surface area contributed by atoms with E-state index in [4.69, 9.17) is 15.7 Å². The molecule has 4 nitrogen and oxygen atoms in total. The molecule has 2 N–H and O–H groups in total. The Morgan fingerprint density at radius 3 is 2.76 bits per heavy atom. The smallest absolute Gasteiger partial charge is 0.163 e. The van der Waals surface area contributed by atoms with Gasteiger partial charge in [0, 0.05) is 5.69 Å². The van der Waals surface area contributed by atoms with Gasteiger partial charge >= 0.3 is 0 Å². The number of anilines is 1. The van der Waals surface area contributed by atoms with Gasteiger partial charge in [-0.05, 0) is 42.8 Å². The first kappa shape index (κ1) is 14.5. The minimum Gasteiger partial charge on any atom is -0.488 e. The molecule has 0 aliphatic heterocycles. The van der Waals surface area contributed by atoms with E-state index in [1.165, 1.54) is 25.1 Å². The third-order valence-corrected chi connectivity index (χ3v) is 2.93. The molecule has 2 aromatic rings. The van der Waals surface area contributed by atoms with Gasteiger partial charge in [-0.15, -0.1) is 0 Å². The second kappa shape index (κ2) is 6.06. The second-order valence-corrected chi connectivity index (χ2v) is 4.53. The SMILES string of the molecule is CC(=O)c1cc(N)ccc1OCc1ccc(F)c(C#N)c1. The maximum absolute atomic E-state index is 13.2. The predicted octanol–water partition coefficient (Wildman–Crippen LogP) is 3.06. The molecule has 0 aliphatic rings. The number of carbonyl (C=O) groups excluding carboxylic acids is 1. The topological polar surface area (TPSA) is 76.1 Å². The van der Waals surface area contributed by atoms with E-state index in [9.17, 15) is 9.18 Å². The van der Waals surface area contributed by atoms with Crippen molar-refractivity contribution in [1.82, 2.24) is 0 Å². The van der Waals surface area contributed by atoms with Crippen molar-refractivity contribution in [1.29, 1.82) is 5.26 Å². The number of halogens is 1. The lowest BCUT2D eigenvalue weighted by atomic mass is 10.1. The van der Waals surface area contributed by atoms with E-state index >= 15 is 0 Å². The number of rotatable bonds is 4. The molecule has 106 valence electrons. The first-order valence-electron chi connectivity index (χ1n) is 6.23. The largest absolute Gasteiger partial charge is 0.488 e. The Balaban J connectivity index is 2.21. The van der Waals surface area contributed by atoms with Gasteiger partial charge < -0.3 is 10.5 Å². The highest BCUT2D eigenvalue weighted by Crippen LogP contribution is 2.23. The molecule has 0 fully saturated rings. The van der Waals surface area contributed by atoms with E-state index in [-0.39, 0.29) is 18.0 Å². The van der Waals surface area contributed by atoms with Crippen LogP contribution in [0.3, 0.4) is 0 Å². The van der Waals surface area contributed by atoms with Crippen molar-refractivity contribution in [3.8, 4) is 11.8 Å². The Morgan fingerprint density at radius 2 is 2.10 bits per heavy atom. The van der Waals surface area contributed by atoms with Crippen LogP contribution in [0.1, 0.15) is 28.4 Å². The summed E-state index contributed by atoms with van der Waals surface area (Å²) in [5.74, 6) is -0.327. The van der Waals surface area contributed by atoms with Crippen molar-refractivity contribution in [2.75, 3.05) is 5.73 Å². The highest BCUT2D eigenvalue weighted by atomic mass is 19.1. The lowest BCUT2D eigenvalue weighted by Crippen LogP contribution is -2.03. The quantitative estimate of drug-likeness (QED) is 0.691. The molecule has 0 aliphatic carbocycles. The number of nitrogens with zero attached hydrogens (tertiary/aromatic N) is 1. The predicted molar refractivity (Wildman–Crippen MR) is 76.3 cm³/mol. The molecule has 0 amide bonds. The Labute approximate surface area is 121 Å². The first-order chi connectivity index (χ1) is 10.0. The zero-order valence-electron chi connectivity index (χ0n) is 11.4. The van der Waals surface area contributed by atoms with Crippen LogP contribution in [-0.4, -0.2) is 5.78 Å². The van der Waals surface area contributed by atoms with Crippen molar-refractivity contribution in [3.05, 3.63) is 58.9 Å². The summed E-state index contributed by atoms with van der Waals surface area (Å²) in [6, 6.07) is 10.7. The molecule has 0 saturated carbocycles. The number of carbonyl (C=O) groups is 1. The first-order valence-corrected chi connectivity index (χ1v) is 6.23. The van der Waals surface area contributed by atoms with Crippen LogP contribution in [-0.2, 0) is 6.61 Å². The second-order valence-electron chi connectivity index (χ2n) is 4.53. The highest BCUT2D eigenvalue weighted by Gasteiger charge is 2.10. The van der Waals surface area contributed by atoms with Crippen LogP contribution in [0.4, 0.5) is 10.1 Å². The van der Waals surface area contributed by atoms with Gasteiger partial charge in [0.1, 0.15) is 24.2 Å². The number of hydrogen-bond donors (Lipinski definition) is 1. The number of benzene rings is 2. The molecule has 0 atom stereocenters. The Kier molecular flexibility index (Phi) is 4.19. The van der Waals surface area contributed by atoms with Crippen LogP contribution < -0.4 is 10.5 Å². The van der Waals surface area contributed by atoms with E-state index < -0.39 is 5.82 Å². The number of hydrogen-bond acceptors (Lipinski definition) is 4. The van der Waals surface area contributed by atoms with Crippen molar-refractivity contribution < 1.29 is 13.9 Å². The molecule has 0 bridgehead atoms. The summed E-state index contributed by atoms with van der Waals surface area (Å²) in [6.45, 7) is 1.55. The van der Waals surface area contributed by atoms with E-state index in [1.807, 2.05) is 0 Å². The fourth-order valence-electron chi connectivity index (χ4n) is 1.86. The summed E-state index contributed by atoms with van der Waals surface area (Å²) >= 11 is 0. The van der Waals surface area contributed by atoms with Gasteiger partial charge in [0.15, 0.2) is 5.78 Å². The van der Waals surface area contributed by atoms with E-state index in [1.54, 1.807) is 24.3 Å². The molecule has 0 aromatic heterocycles. The number of nitriles is 1.